The van der Waals surface area contributed by atoms with E-state index in [4.69, 9.17) is 23.2 Å². The van der Waals surface area contributed by atoms with Crippen LogP contribution in [0.3, 0.4) is 0 Å². The number of nitrogens with one attached hydrogen (secondary N) is 2. The van der Waals surface area contributed by atoms with Gasteiger partial charge < -0.3 is 15.4 Å². The van der Waals surface area contributed by atoms with E-state index in [9.17, 15) is 53.1 Å². The van der Waals surface area contributed by atoms with Crippen LogP contribution in [0.15, 0.2) is 36.4 Å². The number of amides is 2. The van der Waals surface area contributed by atoms with Crippen molar-refractivity contribution >= 4 is 40.6 Å². The number of alkyl halides is 13. The second-order valence-corrected chi connectivity index (χ2v) is 7.64. The van der Waals surface area contributed by atoms with E-state index < -0.39 is 69.3 Å². The van der Waals surface area contributed by atoms with E-state index in [2.05, 4.69) is 4.74 Å². The van der Waals surface area contributed by atoms with Gasteiger partial charge in [0.2, 0.25) is 4.84 Å². The third kappa shape index (κ3) is 7.65. The zero-order valence-corrected chi connectivity index (χ0v) is 17.8. The number of anilines is 2. The van der Waals surface area contributed by atoms with Gasteiger partial charge in [0.1, 0.15) is 5.75 Å². The molecule has 194 valence electrons. The lowest BCUT2D eigenvalue weighted by molar-refractivity contribution is -0.173. The van der Waals surface area contributed by atoms with Crippen molar-refractivity contribution in [2.75, 3.05) is 10.6 Å². The minimum Gasteiger partial charge on any atom is -0.430 e. The fourth-order valence-corrected chi connectivity index (χ4v) is 2.52. The highest BCUT2D eigenvalue weighted by Crippen LogP contribution is 2.41. The molecule has 0 spiro atoms. The van der Waals surface area contributed by atoms with Crippen LogP contribution < -0.4 is 15.4 Å². The molecule has 2 aromatic rings. The van der Waals surface area contributed by atoms with Crippen molar-refractivity contribution in [3.63, 3.8) is 0 Å². The lowest BCUT2D eigenvalue weighted by Crippen LogP contribution is -2.33. The van der Waals surface area contributed by atoms with Crippen LogP contribution in [0.5, 0.6) is 5.75 Å². The van der Waals surface area contributed by atoms with E-state index in [1.165, 1.54) is 0 Å². The zero-order chi connectivity index (χ0) is 27.0. The maximum absolute atomic E-state index is 13.5. The van der Waals surface area contributed by atoms with Crippen LogP contribution in [0.1, 0.15) is 16.7 Å². The SMILES string of the molecule is O=C(Nc1cc(C(F)(F)F)cc(C(F)(F)F)c1)Nc1ccc(OC(F)(F)C(Cl)Cl)c(C(F)(F)F)c1. The number of benzene rings is 2. The van der Waals surface area contributed by atoms with Gasteiger partial charge in [0.15, 0.2) is 0 Å². The summed E-state index contributed by atoms with van der Waals surface area (Å²) in [5, 5.41) is 3.35. The second-order valence-electron chi connectivity index (χ2n) is 6.55. The highest BCUT2D eigenvalue weighted by Gasteiger charge is 2.44. The van der Waals surface area contributed by atoms with Crippen molar-refractivity contribution in [1.29, 1.82) is 0 Å². The number of rotatable bonds is 5. The molecule has 2 aromatic carbocycles. The molecule has 0 aliphatic carbocycles. The first-order valence-electron chi connectivity index (χ1n) is 8.64. The third-order valence-corrected chi connectivity index (χ3v) is 4.40. The van der Waals surface area contributed by atoms with Crippen molar-refractivity contribution in [2.45, 2.75) is 29.5 Å². The molecule has 0 radical (unpaired) electrons. The fourth-order valence-electron chi connectivity index (χ4n) is 2.43. The van der Waals surface area contributed by atoms with Gasteiger partial charge in [0.05, 0.1) is 16.7 Å². The summed E-state index contributed by atoms with van der Waals surface area (Å²) in [7, 11) is 0. The predicted octanol–water partition coefficient (Wildman–Crippen LogP) is 8.16. The van der Waals surface area contributed by atoms with E-state index in [-0.39, 0.29) is 24.3 Å². The normalized spacial score (nSPS) is 13.1. The first-order chi connectivity index (χ1) is 15.7. The van der Waals surface area contributed by atoms with Gasteiger partial charge in [-0.3, -0.25) is 0 Å². The smallest absolute Gasteiger partial charge is 0.428 e. The molecule has 17 heteroatoms. The molecule has 2 N–H and O–H groups in total. The van der Waals surface area contributed by atoms with Crippen LogP contribution in [0.25, 0.3) is 0 Å². The summed E-state index contributed by atoms with van der Waals surface area (Å²) in [4.78, 5) is 9.46. The summed E-state index contributed by atoms with van der Waals surface area (Å²) < 4.78 is 148. The standard InChI is InChI=1S/C18H9Cl2F11N2O2/c19-13(20)18(30,31)35-12-2-1-9(6-11(12)17(27,28)29)32-14(34)33-10-4-7(15(21,22)23)3-8(5-10)16(24,25)26/h1-6,13H,(H2,32,33,34). The Hall–Kier alpha value is -2.68. The number of carbonyl (C=O) groups is 1. The van der Waals surface area contributed by atoms with Crippen LogP contribution in [0.2, 0.25) is 0 Å². The molecule has 0 aromatic heterocycles. The summed E-state index contributed by atoms with van der Waals surface area (Å²) in [6.45, 7) is 0. The number of urea groups is 1. The third-order valence-electron chi connectivity index (χ3n) is 3.89. The number of carbonyl (C=O) groups excluding carboxylic acids is 1. The molecular formula is C18H9Cl2F11N2O2. The molecule has 0 saturated heterocycles. The molecule has 0 unspecified atom stereocenters. The van der Waals surface area contributed by atoms with Crippen molar-refractivity contribution in [2.24, 2.45) is 0 Å². The van der Waals surface area contributed by atoms with E-state index in [1.807, 2.05) is 0 Å². The summed E-state index contributed by atoms with van der Waals surface area (Å²) in [6, 6.07) is -0.339. The monoisotopic (exact) mass is 564 g/mol. The Morgan fingerprint density at radius 3 is 1.63 bits per heavy atom. The zero-order valence-electron chi connectivity index (χ0n) is 16.3. The Balaban J connectivity index is 2.34. The Morgan fingerprint density at radius 2 is 1.20 bits per heavy atom. The quantitative estimate of drug-likeness (QED) is 0.284. The Labute approximate surface area is 197 Å². The molecule has 2 rings (SSSR count). The second kappa shape index (κ2) is 9.76. The van der Waals surface area contributed by atoms with Crippen molar-refractivity contribution in [3.05, 3.63) is 53.1 Å². The summed E-state index contributed by atoms with van der Waals surface area (Å²) in [5.41, 5.74) is -7.08. The van der Waals surface area contributed by atoms with Crippen LogP contribution >= 0.6 is 23.2 Å². The minimum absolute atomic E-state index is 0.121. The molecule has 35 heavy (non-hydrogen) atoms. The molecule has 0 aliphatic rings. The maximum atomic E-state index is 13.5. The van der Waals surface area contributed by atoms with E-state index >= 15 is 0 Å². The van der Waals surface area contributed by atoms with Gasteiger partial charge in [-0.15, -0.1) is 0 Å². The van der Waals surface area contributed by atoms with Crippen LogP contribution in [-0.4, -0.2) is 17.0 Å². The molecular weight excluding hydrogens is 556 g/mol. The molecule has 0 fully saturated rings. The van der Waals surface area contributed by atoms with Crippen LogP contribution in [0, 0.1) is 0 Å². The Morgan fingerprint density at radius 1 is 0.714 bits per heavy atom. The number of halogens is 13. The van der Waals surface area contributed by atoms with Crippen LogP contribution in [-0.2, 0) is 18.5 Å². The van der Waals surface area contributed by atoms with Gasteiger partial charge in [-0.2, -0.15) is 48.3 Å². The molecule has 0 saturated carbocycles. The number of hydrogen-bond donors (Lipinski definition) is 2. The number of ether oxygens (including phenoxy) is 1. The highest BCUT2D eigenvalue weighted by molar-refractivity contribution is 6.44. The molecule has 0 heterocycles. The molecule has 0 bridgehead atoms. The van der Waals surface area contributed by atoms with E-state index in [0.717, 1.165) is 0 Å². The van der Waals surface area contributed by atoms with E-state index in [0.29, 0.717) is 12.1 Å². The van der Waals surface area contributed by atoms with Gasteiger partial charge in [0, 0.05) is 11.4 Å². The first-order valence-corrected chi connectivity index (χ1v) is 9.51. The predicted molar refractivity (Wildman–Crippen MR) is 102 cm³/mol. The lowest BCUT2D eigenvalue weighted by atomic mass is 10.1. The molecule has 0 atom stereocenters. The minimum atomic E-state index is -5.31. The topological polar surface area (TPSA) is 50.4 Å². The van der Waals surface area contributed by atoms with Gasteiger partial charge in [-0.05, 0) is 36.4 Å². The largest absolute Gasteiger partial charge is 0.430 e. The summed E-state index contributed by atoms with van der Waals surface area (Å²) in [6.07, 6.45) is -20.2. The molecule has 4 nitrogen and oxygen atoms in total. The lowest BCUT2D eigenvalue weighted by Gasteiger charge is -2.22. The van der Waals surface area contributed by atoms with Gasteiger partial charge in [-0.1, -0.05) is 23.2 Å². The summed E-state index contributed by atoms with van der Waals surface area (Å²) >= 11 is 9.89. The number of hydrogen-bond acceptors (Lipinski definition) is 2. The first kappa shape index (κ1) is 28.6. The Kier molecular flexibility index (Phi) is 7.96. The van der Waals surface area contributed by atoms with Crippen molar-refractivity contribution in [1.82, 2.24) is 0 Å². The average Bonchev–Trinajstić information content (AvgIpc) is 2.66. The summed E-state index contributed by atoms with van der Waals surface area (Å²) in [5.74, 6) is -1.44. The van der Waals surface area contributed by atoms with Gasteiger partial charge in [-0.25, -0.2) is 4.79 Å². The molecule has 2 amide bonds. The average molecular weight is 565 g/mol. The molecule has 0 aliphatic heterocycles. The van der Waals surface area contributed by atoms with Crippen molar-refractivity contribution < 1.29 is 57.8 Å². The van der Waals surface area contributed by atoms with Crippen molar-refractivity contribution in [3.8, 4) is 5.75 Å². The van der Waals surface area contributed by atoms with Gasteiger partial charge >= 0.3 is 30.7 Å². The van der Waals surface area contributed by atoms with E-state index in [1.54, 1.807) is 10.6 Å². The van der Waals surface area contributed by atoms with Crippen LogP contribution in [0.4, 0.5) is 64.5 Å². The maximum Gasteiger partial charge on any atom is 0.428 e. The highest BCUT2D eigenvalue weighted by atomic mass is 35.5. The fraction of sp³-hybridized carbons (Fsp3) is 0.278. The Bertz CT molecular complexity index is 1050. The van der Waals surface area contributed by atoms with Gasteiger partial charge in [0.25, 0.3) is 0 Å².